The van der Waals surface area contributed by atoms with Crippen molar-refractivity contribution in [3.63, 3.8) is 0 Å². The molecule has 2 aliphatic heterocycles. The summed E-state index contributed by atoms with van der Waals surface area (Å²) in [5.41, 5.74) is -0.416. The maximum atomic E-state index is 12.8. The molecule has 0 aromatic carbocycles. The standard InChI is InChI=1S/C25H46N2O8Si2/c1-11-30-19(10)32-23-22-20(33-24(23)27-13-12-21(28)26-25(27)29)14-31-36(15(2)3,16(4)5)35-37(34-22,17(6)7)18(8)9/h12-13,15-20,22-24H,11,14H2,1-10H3,(H,26,28,29)/t19?,20-,22-,23-,24-/m1/s1. The van der Waals surface area contributed by atoms with Crippen molar-refractivity contribution in [2.24, 2.45) is 0 Å². The third kappa shape index (κ3) is 5.91. The van der Waals surface area contributed by atoms with Crippen molar-refractivity contribution in [3.05, 3.63) is 33.1 Å². The first-order valence-electron chi connectivity index (χ1n) is 13.5. The Hall–Kier alpha value is -1.13. The van der Waals surface area contributed by atoms with Crippen molar-refractivity contribution in [3.8, 4) is 0 Å². The number of rotatable bonds is 9. The van der Waals surface area contributed by atoms with Crippen LogP contribution in [0.5, 0.6) is 0 Å². The Bertz CT molecular complexity index is 995. The molecule has 1 aromatic heterocycles. The second-order valence-corrected chi connectivity index (χ2v) is 20.1. The number of hydrogen-bond acceptors (Lipinski definition) is 8. The maximum absolute atomic E-state index is 12.8. The quantitative estimate of drug-likeness (QED) is 0.355. The van der Waals surface area contributed by atoms with Crippen molar-refractivity contribution < 1.29 is 27.2 Å². The van der Waals surface area contributed by atoms with Crippen LogP contribution in [0.2, 0.25) is 22.2 Å². The summed E-state index contributed by atoms with van der Waals surface area (Å²) in [6.45, 7) is 21.7. The Morgan fingerprint density at radius 3 is 2.11 bits per heavy atom. The Balaban J connectivity index is 2.15. The van der Waals surface area contributed by atoms with E-state index >= 15 is 0 Å². The highest BCUT2D eigenvalue weighted by molar-refractivity contribution is 6.83. The Morgan fingerprint density at radius 2 is 1.59 bits per heavy atom. The minimum absolute atomic E-state index is 0.124. The van der Waals surface area contributed by atoms with Gasteiger partial charge < -0.3 is 27.2 Å². The van der Waals surface area contributed by atoms with E-state index < -0.39 is 59.2 Å². The lowest BCUT2D eigenvalue weighted by atomic mass is 10.1. The fraction of sp³-hybridized carbons (Fsp3) is 0.840. The molecule has 0 spiro atoms. The van der Waals surface area contributed by atoms with Crippen LogP contribution in [0.1, 0.15) is 75.5 Å². The molecule has 2 aliphatic rings. The fourth-order valence-electron chi connectivity index (χ4n) is 5.61. The molecule has 0 bridgehead atoms. The molecule has 2 fully saturated rings. The number of fused-ring (bicyclic) bond motifs is 1. The molecule has 1 unspecified atom stereocenters. The lowest BCUT2D eigenvalue weighted by Crippen LogP contribution is -2.66. The SMILES string of the molecule is CCOC(C)O[C@@H]1[C@@H]2O[Si](C(C)C)(C(C)C)O[Si](C(C)C)(C(C)C)OC[C@H]2O[C@H]1n1ccc(=O)[nH]c1=O. The zero-order chi connectivity index (χ0) is 27.7. The lowest BCUT2D eigenvalue weighted by molar-refractivity contribution is -0.191. The van der Waals surface area contributed by atoms with Crippen LogP contribution in [-0.4, -0.2) is 64.5 Å². The van der Waals surface area contributed by atoms with Crippen LogP contribution in [0.4, 0.5) is 0 Å². The van der Waals surface area contributed by atoms with Crippen molar-refractivity contribution in [2.45, 2.75) is 122 Å². The Kier molecular flexibility index (Phi) is 9.82. The van der Waals surface area contributed by atoms with E-state index in [2.05, 4.69) is 60.4 Å². The van der Waals surface area contributed by atoms with Gasteiger partial charge in [-0.3, -0.25) is 14.3 Å². The molecular weight excluding hydrogens is 512 g/mol. The van der Waals surface area contributed by atoms with E-state index in [1.54, 1.807) is 0 Å². The molecule has 212 valence electrons. The molecule has 1 N–H and O–H groups in total. The summed E-state index contributed by atoms with van der Waals surface area (Å²) in [6, 6.07) is 1.30. The molecule has 37 heavy (non-hydrogen) atoms. The molecule has 0 amide bonds. The molecule has 3 rings (SSSR count). The number of nitrogens with one attached hydrogen (secondary N) is 1. The molecule has 10 nitrogen and oxygen atoms in total. The van der Waals surface area contributed by atoms with Gasteiger partial charge in [0.2, 0.25) is 0 Å². The van der Waals surface area contributed by atoms with Gasteiger partial charge in [-0.05, 0) is 36.0 Å². The summed E-state index contributed by atoms with van der Waals surface area (Å²) in [5.74, 6) is 0. The molecule has 0 aliphatic carbocycles. The van der Waals surface area contributed by atoms with Gasteiger partial charge in [-0.2, -0.15) is 0 Å². The van der Waals surface area contributed by atoms with Crippen molar-refractivity contribution in [1.29, 1.82) is 0 Å². The van der Waals surface area contributed by atoms with Crippen LogP contribution in [0, 0.1) is 0 Å². The fourth-order valence-corrected chi connectivity index (χ4v) is 16.8. The summed E-state index contributed by atoms with van der Waals surface area (Å²) in [6.07, 6.45) is -1.73. The van der Waals surface area contributed by atoms with E-state index in [1.165, 1.54) is 16.8 Å². The number of ether oxygens (including phenoxy) is 3. The van der Waals surface area contributed by atoms with E-state index in [0.29, 0.717) is 6.61 Å². The van der Waals surface area contributed by atoms with Crippen molar-refractivity contribution >= 4 is 17.1 Å². The highest BCUT2D eigenvalue weighted by Crippen LogP contribution is 2.48. The molecule has 5 atom stereocenters. The van der Waals surface area contributed by atoms with Crippen LogP contribution in [0.25, 0.3) is 0 Å². The Morgan fingerprint density at radius 1 is 1.00 bits per heavy atom. The molecule has 1 aromatic rings. The summed E-state index contributed by atoms with van der Waals surface area (Å²) in [5, 5.41) is 0. The number of aromatic amines is 1. The van der Waals surface area contributed by atoms with Gasteiger partial charge in [-0.15, -0.1) is 0 Å². The van der Waals surface area contributed by atoms with Gasteiger partial charge in [0.05, 0.1) is 6.61 Å². The van der Waals surface area contributed by atoms with Crippen molar-refractivity contribution in [2.75, 3.05) is 13.2 Å². The van der Waals surface area contributed by atoms with Gasteiger partial charge in [0.15, 0.2) is 12.5 Å². The Labute approximate surface area is 222 Å². The zero-order valence-electron chi connectivity index (χ0n) is 24.0. The molecule has 3 heterocycles. The number of nitrogens with zero attached hydrogens (tertiary/aromatic N) is 1. The van der Waals surface area contributed by atoms with Crippen LogP contribution in [-0.2, 0) is 27.2 Å². The van der Waals surface area contributed by atoms with E-state index in [4.69, 9.17) is 27.2 Å². The monoisotopic (exact) mass is 558 g/mol. The minimum atomic E-state index is -2.94. The maximum Gasteiger partial charge on any atom is 0.335 e. The predicted molar refractivity (Wildman–Crippen MR) is 145 cm³/mol. The van der Waals surface area contributed by atoms with Gasteiger partial charge in [0.25, 0.3) is 5.56 Å². The molecule has 0 saturated carbocycles. The second kappa shape index (κ2) is 11.9. The molecular formula is C25H46N2O8Si2. The van der Waals surface area contributed by atoms with Gasteiger partial charge in [-0.25, -0.2) is 4.79 Å². The minimum Gasteiger partial charge on any atom is -0.414 e. The highest BCUT2D eigenvalue weighted by atomic mass is 28.5. The van der Waals surface area contributed by atoms with E-state index in [9.17, 15) is 9.59 Å². The summed E-state index contributed by atoms with van der Waals surface area (Å²) in [4.78, 5) is 26.9. The topological polar surface area (TPSA) is 110 Å². The van der Waals surface area contributed by atoms with Crippen molar-refractivity contribution in [1.82, 2.24) is 9.55 Å². The van der Waals surface area contributed by atoms with Gasteiger partial charge in [-0.1, -0.05) is 55.4 Å². The highest BCUT2D eigenvalue weighted by Gasteiger charge is 2.62. The average molecular weight is 559 g/mol. The smallest absolute Gasteiger partial charge is 0.335 e. The number of H-pyrrole nitrogens is 1. The van der Waals surface area contributed by atoms with Crippen LogP contribution < -0.4 is 11.2 Å². The first kappa shape index (κ1) is 30.4. The first-order chi connectivity index (χ1) is 17.3. The molecule has 12 heteroatoms. The summed E-state index contributed by atoms with van der Waals surface area (Å²) < 4.78 is 41.2. The van der Waals surface area contributed by atoms with Crippen LogP contribution in [0.15, 0.2) is 21.9 Å². The molecule has 2 saturated heterocycles. The second-order valence-electron chi connectivity index (χ2n) is 11.3. The predicted octanol–water partition coefficient (Wildman–Crippen LogP) is 4.16. The summed E-state index contributed by atoms with van der Waals surface area (Å²) >= 11 is 0. The third-order valence-corrected chi connectivity index (χ3v) is 17.7. The van der Waals surface area contributed by atoms with Crippen LogP contribution in [0.3, 0.4) is 0 Å². The number of hydrogen-bond donors (Lipinski definition) is 1. The summed E-state index contributed by atoms with van der Waals surface area (Å²) in [7, 11) is -5.69. The normalized spacial score (nSPS) is 28.5. The van der Waals surface area contributed by atoms with Gasteiger partial charge >= 0.3 is 22.8 Å². The van der Waals surface area contributed by atoms with E-state index in [0.717, 1.165) is 0 Å². The van der Waals surface area contributed by atoms with E-state index in [-0.39, 0.29) is 28.8 Å². The van der Waals surface area contributed by atoms with E-state index in [1.807, 2.05) is 13.8 Å². The van der Waals surface area contributed by atoms with Gasteiger partial charge in [0, 0.05) is 18.9 Å². The third-order valence-electron chi connectivity index (χ3n) is 7.49. The number of aromatic nitrogens is 2. The molecule has 0 radical (unpaired) electrons. The van der Waals surface area contributed by atoms with Crippen LogP contribution >= 0.6 is 0 Å². The first-order valence-corrected chi connectivity index (χ1v) is 17.5. The zero-order valence-corrected chi connectivity index (χ0v) is 26.0. The largest absolute Gasteiger partial charge is 0.414 e. The lowest BCUT2D eigenvalue weighted by Gasteiger charge is -2.51. The average Bonchev–Trinajstić information content (AvgIpc) is 3.09. The van der Waals surface area contributed by atoms with Gasteiger partial charge in [0.1, 0.15) is 18.3 Å².